The Bertz CT molecular complexity index is 1860. The second-order valence-electron chi connectivity index (χ2n) is 16.0. The summed E-state index contributed by atoms with van der Waals surface area (Å²) in [4.78, 5) is 117. The predicted octanol–water partition coefficient (Wildman–Crippen LogP) is 1.01. The molecule has 21 heteroatoms. The van der Waals surface area contributed by atoms with Gasteiger partial charge in [-0.05, 0) is 75.6 Å². The van der Waals surface area contributed by atoms with Crippen LogP contribution in [0.5, 0.6) is 0 Å². The number of Topliss-reactive ketones (excluding diaryl/α,β-unsaturated/α-hetero) is 1. The molecular weight excluding hydrogens is 825 g/mol. The normalized spacial score (nSPS) is 23.4. The average molecular weight is 883 g/mol. The number of hydrogen-bond donors (Lipinski definition) is 6. The topological polar surface area (TPSA) is 252 Å². The Kier molecular flexibility index (Phi) is 17.6. The first-order valence-corrected chi connectivity index (χ1v) is 22.0. The van der Waals surface area contributed by atoms with Crippen molar-refractivity contribution in [3.05, 3.63) is 47.5 Å². The van der Waals surface area contributed by atoms with Gasteiger partial charge in [0.1, 0.15) is 41.8 Å². The zero-order chi connectivity index (χ0) is 45.2. The molecule has 8 atom stereocenters. The van der Waals surface area contributed by atoms with E-state index in [9.17, 15) is 61.8 Å². The summed E-state index contributed by atoms with van der Waals surface area (Å²) in [6, 6.07) is -5.15. The van der Waals surface area contributed by atoms with Crippen LogP contribution < -0.4 is 16.0 Å². The molecule has 0 saturated carbocycles. The van der Waals surface area contributed by atoms with Crippen LogP contribution in [0.15, 0.2) is 30.4 Å². The van der Waals surface area contributed by atoms with Crippen molar-refractivity contribution in [2.75, 3.05) is 26.2 Å². The van der Waals surface area contributed by atoms with Gasteiger partial charge >= 0.3 is 7.82 Å². The number of nitrogens with zero attached hydrogens (tertiary/aromatic N) is 3. The summed E-state index contributed by atoms with van der Waals surface area (Å²) in [5, 5.41) is 17.8. The van der Waals surface area contributed by atoms with Crippen LogP contribution in [0.4, 0.5) is 8.78 Å². The minimum absolute atomic E-state index is 0.0211. The van der Waals surface area contributed by atoms with Crippen molar-refractivity contribution in [3.63, 3.8) is 0 Å². The van der Waals surface area contributed by atoms with E-state index in [0.717, 1.165) is 29.9 Å². The van der Waals surface area contributed by atoms with Crippen LogP contribution in [-0.4, -0.2) is 139 Å². The van der Waals surface area contributed by atoms with Gasteiger partial charge in [0.2, 0.25) is 35.4 Å². The molecule has 1 aromatic rings. The Hall–Kier alpha value is -4.62. The van der Waals surface area contributed by atoms with Crippen molar-refractivity contribution < 1.29 is 66.3 Å². The fraction of sp³-hybridized carbons (Fsp3) is 0.625. The van der Waals surface area contributed by atoms with Crippen molar-refractivity contribution in [2.45, 2.75) is 128 Å². The fourth-order valence-corrected chi connectivity index (χ4v) is 8.61. The molecule has 3 fully saturated rings. The quantitative estimate of drug-likeness (QED) is 0.0687. The lowest BCUT2D eigenvalue weighted by Crippen LogP contribution is -2.61. The average Bonchev–Trinajstić information content (AvgIpc) is 3.79. The summed E-state index contributed by atoms with van der Waals surface area (Å²) >= 11 is 0. The highest BCUT2D eigenvalue weighted by molar-refractivity contribution is 7.46. The Balaban J connectivity index is 1.55. The summed E-state index contributed by atoms with van der Waals surface area (Å²) in [6.07, 6.45) is 4.28. The highest BCUT2D eigenvalue weighted by atomic mass is 31.2. The van der Waals surface area contributed by atoms with Crippen molar-refractivity contribution >= 4 is 49.0 Å². The molecule has 61 heavy (non-hydrogen) atoms. The number of piperidine rings is 1. The van der Waals surface area contributed by atoms with Crippen LogP contribution >= 0.6 is 7.82 Å². The molecule has 0 bridgehead atoms. The number of allylic oxidation sites excluding steroid dienone is 1. The van der Waals surface area contributed by atoms with Crippen LogP contribution in [0.25, 0.3) is 0 Å². The van der Waals surface area contributed by atoms with Gasteiger partial charge in [-0.3, -0.25) is 38.1 Å². The lowest BCUT2D eigenvalue weighted by molar-refractivity contribution is -0.151. The first kappa shape index (κ1) is 49.0. The third kappa shape index (κ3) is 13.7. The third-order valence-corrected chi connectivity index (χ3v) is 11.6. The van der Waals surface area contributed by atoms with Gasteiger partial charge in [0, 0.05) is 38.5 Å². The molecule has 3 aliphatic heterocycles. The number of halogens is 2. The first-order valence-electron chi connectivity index (χ1n) is 20.5. The van der Waals surface area contributed by atoms with E-state index in [1.807, 2.05) is 13.8 Å². The minimum atomic E-state index is -5.17. The summed E-state index contributed by atoms with van der Waals surface area (Å²) in [5.74, 6) is -6.82. The molecule has 6 amide bonds. The highest BCUT2D eigenvalue weighted by Crippen LogP contribution is 2.41. The first-order chi connectivity index (χ1) is 28.7. The van der Waals surface area contributed by atoms with E-state index in [1.54, 1.807) is 6.08 Å². The van der Waals surface area contributed by atoms with Gasteiger partial charge in [-0.25, -0.2) is 13.3 Å². The van der Waals surface area contributed by atoms with Crippen LogP contribution in [0.3, 0.4) is 0 Å². The Labute approximate surface area is 353 Å². The van der Waals surface area contributed by atoms with Gasteiger partial charge in [-0.15, -0.1) is 0 Å². The van der Waals surface area contributed by atoms with Gasteiger partial charge in [0.05, 0.1) is 18.8 Å². The SMILES string of the molecule is CCCC/C=C/C(=O)N[C@@H](Cc1cc(F)cc(F)c1)C(=O)N[C@@H](CO)C(=O)N1C[C@H](OP(=O)(O)O)C[C@H]1C(=O)N1CCCC[C@H]1C(=O)N[C@@H](C)C(=O)N1C[C@H](C)CC1C(C)=O. The van der Waals surface area contributed by atoms with Crippen molar-refractivity contribution in [2.24, 2.45) is 5.92 Å². The summed E-state index contributed by atoms with van der Waals surface area (Å²) in [7, 11) is -5.17. The zero-order valence-electron chi connectivity index (χ0n) is 34.8. The molecule has 3 heterocycles. The zero-order valence-corrected chi connectivity index (χ0v) is 35.7. The van der Waals surface area contributed by atoms with Gasteiger partial charge in [-0.2, -0.15) is 0 Å². The van der Waals surface area contributed by atoms with Crippen LogP contribution in [0.2, 0.25) is 0 Å². The molecule has 0 spiro atoms. The van der Waals surface area contributed by atoms with Crippen molar-refractivity contribution in [1.82, 2.24) is 30.7 Å². The molecule has 1 unspecified atom stereocenters. The van der Waals surface area contributed by atoms with E-state index in [0.29, 0.717) is 38.3 Å². The third-order valence-electron chi connectivity index (χ3n) is 11.0. The lowest BCUT2D eigenvalue weighted by Gasteiger charge is -2.39. The number of ketones is 1. The molecule has 3 aliphatic rings. The Morgan fingerprint density at radius 2 is 1.57 bits per heavy atom. The number of aliphatic hydroxyl groups is 1. The lowest BCUT2D eigenvalue weighted by atomic mass is 9.99. The molecule has 4 rings (SSSR count). The number of unbranched alkanes of at least 4 members (excludes halogenated alkanes) is 2. The molecule has 338 valence electrons. The number of amides is 6. The maximum atomic E-state index is 14.4. The number of phosphoric acid groups is 1. The van der Waals surface area contributed by atoms with E-state index in [2.05, 4.69) is 16.0 Å². The van der Waals surface area contributed by atoms with Gasteiger partial charge in [-0.1, -0.05) is 32.8 Å². The number of phosphoric ester groups is 1. The summed E-state index contributed by atoms with van der Waals surface area (Å²) < 4.78 is 45.0. The minimum Gasteiger partial charge on any atom is -0.394 e. The second-order valence-corrected chi connectivity index (χ2v) is 17.2. The largest absolute Gasteiger partial charge is 0.469 e. The predicted molar refractivity (Wildman–Crippen MR) is 214 cm³/mol. The molecule has 0 radical (unpaired) electrons. The standard InChI is InChI=1S/C40H57F2N6O12P/c1-5-6-7-8-12-35(51)44-30(17-26-15-27(41)18-28(42)16-26)36(52)45-31(22-49)39(55)48-21-29(60-61(57,58)59)19-34(48)40(56)46-13-10-9-11-32(46)37(53)43-24(3)38(54)47-20-23(2)14-33(47)25(4)50/h8,12,15-16,18,23-24,29-34,49H,5-7,9-11,13-14,17,19-22H2,1-4H3,(H,43,53)(H,44,51)(H,45,52)(H2,57,58,59)/b12-8+/t23-,24+,29-,30+,31+,32+,33?,34+/m1/s1. The second kappa shape index (κ2) is 21.9. The highest BCUT2D eigenvalue weighted by Gasteiger charge is 2.48. The number of likely N-dealkylation sites (tertiary alicyclic amines) is 3. The van der Waals surface area contributed by atoms with Crippen LogP contribution in [0, 0.1) is 17.6 Å². The number of benzene rings is 1. The van der Waals surface area contributed by atoms with E-state index in [4.69, 9.17) is 4.52 Å². The van der Waals surface area contributed by atoms with E-state index in [1.165, 1.54) is 29.7 Å². The summed E-state index contributed by atoms with van der Waals surface area (Å²) in [5.41, 5.74) is -0.0211. The molecule has 18 nitrogen and oxygen atoms in total. The maximum absolute atomic E-state index is 14.4. The number of rotatable bonds is 18. The smallest absolute Gasteiger partial charge is 0.394 e. The van der Waals surface area contributed by atoms with Crippen LogP contribution in [0.1, 0.15) is 84.6 Å². The van der Waals surface area contributed by atoms with Crippen LogP contribution in [-0.2, 0) is 49.1 Å². The molecule has 0 aromatic heterocycles. The van der Waals surface area contributed by atoms with Gasteiger partial charge in [0.25, 0.3) is 0 Å². The van der Waals surface area contributed by atoms with Crippen molar-refractivity contribution in [1.29, 1.82) is 0 Å². The fourth-order valence-electron chi connectivity index (χ4n) is 8.06. The van der Waals surface area contributed by atoms with Crippen molar-refractivity contribution in [3.8, 4) is 0 Å². The van der Waals surface area contributed by atoms with E-state index < -0.39 is 123 Å². The maximum Gasteiger partial charge on any atom is 0.469 e. The number of nitrogens with one attached hydrogen (secondary N) is 3. The Morgan fingerprint density at radius 1 is 0.902 bits per heavy atom. The van der Waals surface area contributed by atoms with Gasteiger partial charge < -0.3 is 45.5 Å². The molecule has 3 saturated heterocycles. The van der Waals surface area contributed by atoms with Gasteiger partial charge in [0.15, 0.2) is 5.78 Å². The van der Waals surface area contributed by atoms with E-state index in [-0.39, 0.29) is 30.2 Å². The number of hydrogen-bond acceptors (Lipinski definition) is 10. The number of carbonyl (C=O) groups is 7. The van der Waals surface area contributed by atoms with E-state index >= 15 is 0 Å². The molecule has 1 aromatic carbocycles. The summed E-state index contributed by atoms with van der Waals surface area (Å²) in [6.45, 7) is 5.45. The monoisotopic (exact) mass is 882 g/mol. The number of aliphatic hydroxyl groups excluding tert-OH is 1. The molecular formula is C40H57F2N6O12P. The Morgan fingerprint density at radius 3 is 2.20 bits per heavy atom. The molecule has 6 N–H and O–H groups in total. The molecule has 0 aliphatic carbocycles. The number of carbonyl (C=O) groups excluding carboxylic acids is 7.